The lowest BCUT2D eigenvalue weighted by molar-refractivity contribution is -0.152. The maximum Gasteiger partial charge on any atom is 0.317 e. The number of esters is 1. The maximum atomic E-state index is 12.0. The SMILES string of the molecule is COc1ccc(SCC(=O)O[C@H](C)C(=O)NCCc2ccccc2)cc1. The van der Waals surface area contributed by atoms with E-state index < -0.39 is 12.1 Å². The van der Waals surface area contributed by atoms with Crippen molar-refractivity contribution in [3.63, 3.8) is 0 Å². The number of rotatable bonds is 9. The second-order valence-electron chi connectivity index (χ2n) is 5.62. The van der Waals surface area contributed by atoms with Gasteiger partial charge in [-0.3, -0.25) is 9.59 Å². The molecule has 2 aromatic carbocycles. The van der Waals surface area contributed by atoms with Crippen LogP contribution in [0.25, 0.3) is 0 Å². The van der Waals surface area contributed by atoms with Crippen LogP contribution in [-0.2, 0) is 20.7 Å². The molecule has 1 amide bonds. The Balaban J connectivity index is 1.67. The quantitative estimate of drug-likeness (QED) is 0.541. The van der Waals surface area contributed by atoms with Crippen molar-refractivity contribution in [2.45, 2.75) is 24.3 Å². The fourth-order valence-corrected chi connectivity index (χ4v) is 2.90. The van der Waals surface area contributed by atoms with E-state index in [1.807, 2.05) is 54.6 Å². The van der Waals surface area contributed by atoms with Crippen LogP contribution in [0.1, 0.15) is 12.5 Å². The van der Waals surface area contributed by atoms with Gasteiger partial charge in [-0.15, -0.1) is 11.8 Å². The molecule has 0 spiro atoms. The molecular formula is C20H23NO4S. The van der Waals surface area contributed by atoms with Crippen LogP contribution < -0.4 is 10.1 Å². The van der Waals surface area contributed by atoms with Gasteiger partial charge in [0.05, 0.1) is 12.9 Å². The van der Waals surface area contributed by atoms with E-state index in [1.54, 1.807) is 14.0 Å². The first-order chi connectivity index (χ1) is 12.6. The third-order valence-corrected chi connectivity index (χ3v) is 4.63. The van der Waals surface area contributed by atoms with Crippen molar-refractivity contribution in [1.29, 1.82) is 0 Å². The minimum Gasteiger partial charge on any atom is -0.497 e. The van der Waals surface area contributed by atoms with E-state index in [2.05, 4.69) is 5.32 Å². The predicted molar refractivity (Wildman–Crippen MR) is 102 cm³/mol. The van der Waals surface area contributed by atoms with E-state index in [0.29, 0.717) is 6.54 Å². The van der Waals surface area contributed by atoms with Gasteiger partial charge >= 0.3 is 5.97 Å². The molecular weight excluding hydrogens is 350 g/mol. The third-order valence-electron chi connectivity index (χ3n) is 3.65. The van der Waals surface area contributed by atoms with Crippen molar-refractivity contribution in [3.05, 3.63) is 60.2 Å². The third kappa shape index (κ3) is 6.80. The highest BCUT2D eigenvalue weighted by molar-refractivity contribution is 8.00. The van der Waals surface area contributed by atoms with Gasteiger partial charge in [-0.05, 0) is 43.2 Å². The number of amides is 1. The number of carbonyl (C=O) groups is 2. The second kappa shape index (κ2) is 10.5. The Morgan fingerprint density at radius 1 is 1.08 bits per heavy atom. The molecule has 0 saturated carbocycles. The van der Waals surface area contributed by atoms with Gasteiger partial charge in [0, 0.05) is 11.4 Å². The molecule has 0 fully saturated rings. The predicted octanol–water partition coefficient (Wildman–Crippen LogP) is 3.08. The molecule has 1 atom stereocenters. The summed E-state index contributed by atoms with van der Waals surface area (Å²) in [5.74, 6) is 0.200. The smallest absolute Gasteiger partial charge is 0.317 e. The fourth-order valence-electron chi connectivity index (χ4n) is 2.22. The number of hydrogen-bond donors (Lipinski definition) is 1. The summed E-state index contributed by atoms with van der Waals surface area (Å²) in [5.41, 5.74) is 1.15. The Bertz CT molecular complexity index is 704. The molecule has 0 bridgehead atoms. The van der Waals surface area contributed by atoms with Gasteiger partial charge in [0.25, 0.3) is 5.91 Å². The molecule has 0 aliphatic rings. The van der Waals surface area contributed by atoms with E-state index in [-0.39, 0.29) is 11.7 Å². The monoisotopic (exact) mass is 373 g/mol. The number of carbonyl (C=O) groups excluding carboxylic acids is 2. The Morgan fingerprint density at radius 2 is 1.77 bits per heavy atom. The summed E-state index contributed by atoms with van der Waals surface area (Å²) in [7, 11) is 1.60. The molecule has 0 aromatic heterocycles. The minimum absolute atomic E-state index is 0.147. The zero-order valence-electron chi connectivity index (χ0n) is 14.9. The van der Waals surface area contributed by atoms with Crippen molar-refractivity contribution in [1.82, 2.24) is 5.32 Å². The zero-order valence-corrected chi connectivity index (χ0v) is 15.8. The highest BCUT2D eigenvalue weighted by atomic mass is 32.2. The van der Waals surface area contributed by atoms with Crippen molar-refractivity contribution >= 4 is 23.6 Å². The Kier molecular flexibility index (Phi) is 8.02. The average Bonchev–Trinajstić information content (AvgIpc) is 2.67. The maximum absolute atomic E-state index is 12.0. The van der Waals surface area contributed by atoms with Crippen LogP contribution in [0.5, 0.6) is 5.75 Å². The van der Waals surface area contributed by atoms with Gasteiger partial charge in [-0.2, -0.15) is 0 Å². The normalized spacial score (nSPS) is 11.5. The summed E-state index contributed by atoms with van der Waals surface area (Å²) in [6.07, 6.45) is -0.0738. The highest BCUT2D eigenvalue weighted by Crippen LogP contribution is 2.21. The largest absolute Gasteiger partial charge is 0.497 e. The fraction of sp³-hybridized carbons (Fsp3) is 0.300. The zero-order chi connectivity index (χ0) is 18.8. The van der Waals surface area contributed by atoms with Crippen molar-refractivity contribution in [2.24, 2.45) is 0 Å². The van der Waals surface area contributed by atoms with E-state index in [1.165, 1.54) is 11.8 Å². The molecule has 138 valence electrons. The van der Waals surface area contributed by atoms with Gasteiger partial charge in [0.2, 0.25) is 0 Å². The topological polar surface area (TPSA) is 64.6 Å². The van der Waals surface area contributed by atoms with E-state index in [9.17, 15) is 9.59 Å². The highest BCUT2D eigenvalue weighted by Gasteiger charge is 2.17. The number of nitrogens with one attached hydrogen (secondary N) is 1. The lowest BCUT2D eigenvalue weighted by Gasteiger charge is -2.13. The molecule has 26 heavy (non-hydrogen) atoms. The first-order valence-corrected chi connectivity index (χ1v) is 9.35. The van der Waals surface area contributed by atoms with E-state index >= 15 is 0 Å². The average molecular weight is 373 g/mol. The van der Waals surface area contributed by atoms with Gasteiger partial charge < -0.3 is 14.8 Å². The molecule has 5 nitrogen and oxygen atoms in total. The molecule has 2 aromatic rings. The van der Waals surface area contributed by atoms with Gasteiger partial charge in [0.15, 0.2) is 6.10 Å². The Hall–Kier alpha value is -2.47. The van der Waals surface area contributed by atoms with Gasteiger partial charge in [-0.1, -0.05) is 30.3 Å². The number of benzene rings is 2. The number of thioether (sulfide) groups is 1. The molecule has 0 aliphatic heterocycles. The summed E-state index contributed by atoms with van der Waals surface area (Å²) < 4.78 is 10.3. The Labute approximate surface area is 158 Å². The van der Waals surface area contributed by atoms with Crippen LogP contribution >= 0.6 is 11.8 Å². The first kappa shape index (κ1) is 19.8. The Morgan fingerprint density at radius 3 is 2.42 bits per heavy atom. The number of hydrogen-bond acceptors (Lipinski definition) is 5. The van der Waals surface area contributed by atoms with Crippen molar-refractivity contribution in [3.8, 4) is 5.75 Å². The van der Waals surface area contributed by atoms with Crippen molar-refractivity contribution in [2.75, 3.05) is 19.4 Å². The minimum atomic E-state index is -0.810. The molecule has 0 unspecified atom stereocenters. The molecule has 6 heteroatoms. The van der Waals surface area contributed by atoms with Crippen LogP contribution in [-0.4, -0.2) is 37.4 Å². The molecule has 0 radical (unpaired) electrons. The summed E-state index contributed by atoms with van der Waals surface area (Å²) in [6, 6.07) is 17.3. The van der Waals surface area contributed by atoms with Crippen LogP contribution in [0.3, 0.4) is 0 Å². The molecule has 0 saturated heterocycles. The summed E-state index contributed by atoms with van der Waals surface area (Å²) in [5, 5.41) is 2.79. The van der Waals surface area contributed by atoms with E-state index in [4.69, 9.17) is 9.47 Å². The second-order valence-corrected chi connectivity index (χ2v) is 6.67. The molecule has 0 aliphatic carbocycles. The summed E-state index contributed by atoms with van der Waals surface area (Å²) in [6.45, 7) is 2.08. The summed E-state index contributed by atoms with van der Waals surface area (Å²) >= 11 is 1.35. The number of ether oxygens (including phenoxy) is 2. The number of methoxy groups -OCH3 is 1. The van der Waals surface area contributed by atoms with Gasteiger partial charge in [-0.25, -0.2) is 0 Å². The molecule has 1 N–H and O–H groups in total. The van der Waals surface area contributed by atoms with Crippen LogP contribution in [0, 0.1) is 0 Å². The van der Waals surface area contributed by atoms with Crippen LogP contribution in [0.4, 0.5) is 0 Å². The first-order valence-electron chi connectivity index (χ1n) is 8.36. The lowest BCUT2D eigenvalue weighted by atomic mass is 10.1. The van der Waals surface area contributed by atoms with Crippen molar-refractivity contribution < 1.29 is 19.1 Å². The van der Waals surface area contributed by atoms with Gasteiger partial charge in [0.1, 0.15) is 5.75 Å². The lowest BCUT2D eigenvalue weighted by Crippen LogP contribution is -2.37. The molecule has 0 heterocycles. The standard InChI is InChI=1S/C20H23NO4S/c1-15(20(23)21-13-12-16-6-4-3-5-7-16)25-19(22)14-26-18-10-8-17(24-2)9-11-18/h3-11,15H,12-14H2,1-2H3,(H,21,23)/t15-/m1/s1. The van der Waals surface area contributed by atoms with Crippen LogP contribution in [0.2, 0.25) is 0 Å². The van der Waals surface area contributed by atoms with E-state index in [0.717, 1.165) is 22.6 Å². The molecule has 2 rings (SSSR count). The summed E-state index contributed by atoms with van der Waals surface area (Å²) in [4.78, 5) is 24.8. The van der Waals surface area contributed by atoms with Crippen LogP contribution in [0.15, 0.2) is 59.5 Å².